The number of benzene rings is 1. The molecule has 0 radical (unpaired) electrons. The van der Waals surface area contributed by atoms with Crippen LogP contribution in [0.1, 0.15) is 6.92 Å². The van der Waals surface area contributed by atoms with Crippen LogP contribution in [0.2, 0.25) is 0 Å². The number of carbonyl (C=O) groups excluding carboxylic acids is 1. The van der Waals surface area contributed by atoms with E-state index in [0.29, 0.717) is 32.0 Å². The van der Waals surface area contributed by atoms with Crippen molar-refractivity contribution < 1.29 is 22.7 Å². The molecule has 9 heteroatoms. The zero-order valence-electron chi connectivity index (χ0n) is 13.7. The van der Waals surface area contributed by atoms with Gasteiger partial charge in [0.2, 0.25) is 10.0 Å². The van der Waals surface area contributed by atoms with Crippen molar-refractivity contribution in [2.45, 2.75) is 11.8 Å². The summed E-state index contributed by atoms with van der Waals surface area (Å²) in [6.45, 7) is 5.95. The van der Waals surface area contributed by atoms with Crippen LogP contribution in [0.3, 0.4) is 0 Å². The molecule has 1 aromatic carbocycles. The summed E-state index contributed by atoms with van der Waals surface area (Å²) in [6.07, 6.45) is -0.572. The van der Waals surface area contributed by atoms with E-state index in [1.807, 2.05) is 0 Å². The number of morpholine rings is 1. The lowest BCUT2D eigenvalue weighted by Gasteiger charge is -2.26. The summed E-state index contributed by atoms with van der Waals surface area (Å²) in [5.74, 6) is 0. The second-order valence-corrected chi connectivity index (χ2v) is 6.99. The van der Waals surface area contributed by atoms with Crippen molar-refractivity contribution in [2.24, 2.45) is 0 Å². The van der Waals surface area contributed by atoms with E-state index in [0.717, 1.165) is 13.1 Å². The highest BCUT2D eigenvalue weighted by Crippen LogP contribution is 2.14. The summed E-state index contributed by atoms with van der Waals surface area (Å²) in [5.41, 5.74) is 0.473. The summed E-state index contributed by atoms with van der Waals surface area (Å²) >= 11 is 0. The third-order valence-corrected chi connectivity index (χ3v) is 4.99. The van der Waals surface area contributed by atoms with Crippen LogP contribution in [0, 0.1) is 0 Å². The minimum atomic E-state index is -3.57. The van der Waals surface area contributed by atoms with Gasteiger partial charge in [0, 0.05) is 31.9 Å². The molecule has 1 aromatic rings. The predicted octanol–water partition coefficient (Wildman–Crippen LogP) is 0.865. The molecule has 1 amide bonds. The van der Waals surface area contributed by atoms with Gasteiger partial charge in [-0.25, -0.2) is 17.9 Å². The van der Waals surface area contributed by atoms with Gasteiger partial charge in [-0.1, -0.05) is 0 Å². The van der Waals surface area contributed by atoms with Gasteiger partial charge in [0.25, 0.3) is 0 Å². The van der Waals surface area contributed by atoms with Crippen LogP contribution in [0.4, 0.5) is 10.5 Å². The summed E-state index contributed by atoms with van der Waals surface area (Å²) in [5, 5.41) is 2.51. The van der Waals surface area contributed by atoms with Crippen LogP contribution in [-0.2, 0) is 19.5 Å². The number of carbonyl (C=O) groups is 1. The van der Waals surface area contributed by atoms with Crippen molar-refractivity contribution in [1.82, 2.24) is 9.62 Å². The Labute approximate surface area is 142 Å². The summed E-state index contributed by atoms with van der Waals surface area (Å²) in [6, 6.07) is 5.93. The van der Waals surface area contributed by atoms with Gasteiger partial charge in [-0.3, -0.25) is 10.2 Å². The molecule has 1 aliphatic heterocycles. The molecule has 24 heavy (non-hydrogen) atoms. The molecule has 0 aromatic heterocycles. The van der Waals surface area contributed by atoms with E-state index in [-0.39, 0.29) is 11.5 Å². The minimum Gasteiger partial charge on any atom is -0.450 e. The Morgan fingerprint density at radius 1 is 1.25 bits per heavy atom. The predicted molar refractivity (Wildman–Crippen MR) is 89.5 cm³/mol. The zero-order chi connectivity index (χ0) is 17.4. The van der Waals surface area contributed by atoms with E-state index in [2.05, 4.69) is 14.9 Å². The van der Waals surface area contributed by atoms with Crippen LogP contribution < -0.4 is 10.0 Å². The molecule has 0 saturated carbocycles. The van der Waals surface area contributed by atoms with Gasteiger partial charge < -0.3 is 9.47 Å². The molecule has 0 atom stereocenters. The Kier molecular flexibility index (Phi) is 6.98. The van der Waals surface area contributed by atoms with Crippen LogP contribution in [0.5, 0.6) is 0 Å². The molecular formula is C15H23N3O5S. The fraction of sp³-hybridized carbons (Fsp3) is 0.533. The van der Waals surface area contributed by atoms with E-state index >= 15 is 0 Å². The minimum absolute atomic E-state index is 0.152. The lowest BCUT2D eigenvalue weighted by atomic mass is 10.3. The van der Waals surface area contributed by atoms with Crippen LogP contribution in [0.25, 0.3) is 0 Å². The van der Waals surface area contributed by atoms with Crippen molar-refractivity contribution in [3.63, 3.8) is 0 Å². The molecule has 2 rings (SSSR count). The summed E-state index contributed by atoms with van der Waals surface area (Å²) in [7, 11) is -3.57. The standard InChI is InChI=1S/C15H23N3O5S/c1-2-23-15(19)17-13-3-5-14(6-4-13)24(20,21)16-7-8-18-9-11-22-12-10-18/h3-6,16H,2,7-12H2,1H3,(H,17,19). The molecular weight excluding hydrogens is 334 g/mol. The molecule has 1 fully saturated rings. The van der Waals surface area contributed by atoms with Crippen molar-refractivity contribution in [1.29, 1.82) is 0 Å². The van der Waals surface area contributed by atoms with Gasteiger partial charge in [0.1, 0.15) is 0 Å². The van der Waals surface area contributed by atoms with Crippen LogP contribution in [-0.4, -0.2) is 65.4 Å². The molecule has 134 valence electrons. The quantitative estimate of drug-likeness (QED) is 0.751. The maximum Gasteiger partial charge on any atom is 0.411 e. The van der Waals surface area contributed by atoms with Gasteiger partial charge in [0.05, 0.1) is 24.7 Å². The average Bonchev–Trinajstić information content (AvgIpc) is 2.56. The van der Waals surface area contributed by atoms with Gasteiger partial charge in [-0.2, -0.15) is 0 Å². The number of anilines is 1. The van der Waals surface area contributed by atoms with Gasteiger partial charge in [0.15, 0.2) is 0 Å². The molecule has 1 saturated heterocycles. The van der Waals surface area contributed by atoms with E-state index < -0.39 is 16.1 Å². The van der Waals surface area contributed by atoms with Crippen molar-refractivity contribution in [3.8, 4) is 0 Å². The van der Waals surface area contributed by atoms with Gasteiger partial charge in [-0.15, -0.1) is 0 Å². The molecule has 0 spiro atoms. The normalized spacial score (nSPS) is 15.9. The maximum atomic E-state index is 12.2. The van der Waals surface area contributed by atoms with E-state index in [9.17, 15) is 13.2 Å². The molecule has 0 bridgehead atoms. The molecule has 2 N–H and O–H groups in total. The molecule has 1 heterocycles. The lowest BCUT2D eigenvalue weighted by molar-refractivity contribution is 0.0390. The second-order valence-electron chi connectivity index (χ2n) is 5.22. The fourth-order valence-corrected chi connectivity index (χ4v) is 3.27. The highest BCUT2D eigenvalue weighted by Gasteiger charge is 2.15. The van der Waals surface area contributed by atoms with Crippen LogP contribution in [0.15, 0.2) is 29.2 Å². The molecule has 0 aliphatic carbocycles. The lowest BCUT2D eigenvalue weighted by Crippen LogP contribution is -2.41. The highest BCUT2D eigenvalue weighted by molar-refractivity contribution is 7.89. The number of sulfonamides is 1. The highest BCUT2D eigenvalue weighted by atomic mass is 32.2. The topological polar surface area (TPSA) is 97.0 Å². The number of hydrogen-bond donors (Lipinski definition) is 2. The largest absolute Gasteiger partial charge is 0.450 e. The smallest absolute Gasteiger partial charge is 0.411 e. The SMILES string of the molecule is CCOC(=O)Nc1ccc(S(=O)(=O)NCCN2CCOCC2)cc1. The summed E-state index contributed by atoms with van der Waals surface area (Å²) < 4.78 is 37.1. The third-order valence-electron chi connectivity index (χ3n) is 3.51. The Balaban J connectivity index is 1.85. The number of amides is 1. The monoisotopic (exact) mass is 357 g/mol. The average molecular weight is 357 g/mol. The first kappa shape index (κ1) is 18.7. The van der Waals surface area contributed by atoms with Crippen LogP contribution >= 0.6 is 0 Å². The first-order valence-electron chi connectivity index (χ1n) is 7.85. The van der Waals surface area contributed by atoms with Crippen molar-refractivity contribution in [3.05, 3.63) is 24.3 Å². The Morgan fingerprint density at radius 2 is 1.92 bits per heavy atom. The Morgan fingerprint density at radius 3 is 2.54 bits per heavy atom. The first-order chi connectivity index (χ1) is 11.5. The van der Waals surface area contributed by atoms with Crippen molar-refractivity contribution in [2.75, 3.05) is 51.3 Å². The number of nitrogens with one attached hydrogen (secondary N) is 2. The number of ether oxygens (including phenoxy) is 2. The second kappa shape index (κ2) is 8.97. The Bertz CT molecular complexity index is 627. The number of rotatable bonds is 7. The van der Waals surface area contributed by atoms with E-state index in [1.54, 1.807) is 6.92 Å². The first-order valence-corrected chi connectivity index (χ1v) is 9.33. The van der Waals surface area contributed by atoms with Gasteiger partial charge >= 0.3 is 6.09 Å². The Hall–Kier alpha value is -1.68. The van der Waals surface area contributed by atoms with E-state index in [1.165, 1.54) is 24.3 Å². The molecule has 8 nitrogen and oxygen atoms in total. The zero-order valence-corrected chi connectivity index (χ0v) is 14.5. The van der Waals surface area contributed by atoms with Gasteiger partial charge in [-0.05, 0) is 31.2 Å². The van der Waals surface area contributed by atoms with Crippen molar-refractivity contribution >= 4 is 21.8 Å². The number of hydrogen-bond acceptors (Lipinski definition) is 6. The fourth-order valence-electron chi connectivity index (χ4n) is 2.25. The van der Waals surface area contributed by atoms with E-state index in [4.69, 9.17) is 9.47 Å². The number of nitrogens with zero attached hydrogens (tertiary/aromatic N) is 1. The molecule has 0 unspecified atom stereocenters. The third kappa shape index (κ3) is 5.75. The molecule has 1 aliphatic rings. The summed E-state index contributed by atoms with van der Waals surface area (Å²) in [4.78, 5) is 13.6. The maximum absolute atomic E-state index is 12.2.